The molecule has 3 nitrogen and oxygen atoms in total. The molecule has 3 rings (SSSR count). The summed E-state index contributed by atoms with van der Waals surface area (Å²) in [4.78, 5) is 5.32. The van der Waals surface area contributed by atoms with Crippen LogP contribution in [0.1, 0.15) is 24.8 Å². The highest BCUT2D eigenvalue weighted by molar-refractivity contribution is 5.87. The minimum Gasteiger partial charge on any atom is -0.490 e. The summed E-state index contributed by atoms with van der Waals surface area (Å²) < 4.78 is 18.5. The fourth-order valence-corrected chi connectivity index (χ4v) is 2.66. The summed E-state index contributed by atoms with van der Waals surface area (Å²) in [6.07, 6.45) is 1.05. The third-order valence-electron chi connectivity index (χ3n) is 4.02. The maximum atomic E-state index is 12.9. The number of nitrogens with zero attached hydrogens (tertiary/aromatic N) is 1. The molecule has 0 bridgehead atoms. The van der Waals surface area contributed by atoms with Gasteiger partial charge >= 0.3 is 0 Å². The molecule has 2 aromatic rings. The summed E-state index contributed by atoms with van der Waals surface area (Å²) in [5.41, 5.74) is 2.15. The summed E-state index contributed by atoms with van der Waals surface area (Å²) in [6, 6.07) is 16.3. The molecule has 2 atom stereocenters. The van der Waals surface area contributed by atoms with Crippen LogP contribution in [-0.4, -0.2) is 18.9 Å². The van der Waals surface area contributed by atoms with Gasteiger partial charge in [0, 0.05) is 5.92 Å². The zero-order chi connectivity index (χ0) is 16.1. The molecule has 0 aromatic heterocycles. The number of ether oxygens (including phenoxy) is 1. The molecule has 4 heteroatoms. The van der Waals surface area contributed by atoms with Crippen LogP contribution in [0.3, 0.4) is 0 Å². The van der Waals surface area contributed by atoms with Crippen LogP contribution >= 0.6 is 0 Å². The number of hydrogen-bond acceptors (Lipinski definition) is 3. The van der Waals surface area contributed by atoms with Crippen molar-refractivity contribution in [2.45, 2.75) is 19.3 Å². The Hall–Kier alpha value is -2.36. The van der Waals surface area contributed by atoms with E-state index >= 15 is 0 Å². The Morgan fingerprint density at radius 3 is 2.57 bits per heavy atom. The van der Waals surface area contributed by atoms with Gasteiger partial charge in [-0.15, -0.1) is 0 Å². The van der Waals surface area contributed by atoms with Gasteiger partial charge < -0.3 is 9.57 Å². The number of rotatable bonds is 7. The SMILES string of the molecule is CC(=NOCCOc1ccccc1)[C@@H]1C[C@@H]1c1ccc(F)cc1. The van der Waals surface area contributed by atoms with Gasteiger partial charge in [0.25, 0.3) is 0 Å². The zero-order valence-electron chi connectivity index (χ0n) is 13.1. The van der Waals surface area contributed by atoms with Gasteiger partial charge in [-0.1, -0.05) is 35.5 Å². The molecule has 0 radical (unpaired) electrons. The Morgan fingerprint density at radius 1 is 1.09 bits per heavy atom. The Morgan fingerprint density at radius 2 is 1.83 bits per heavy atom. The lowest BCUT2D eigenvalue weighted by Crippen LogP contribution is -2.06. The van der Waals surface area contributed by atoms with Crippen molar-refractivity contribution in [2.24, 2.45) is 11.1 Å². The monoisotopic (exact) mass is 313 g/mol. The van der Waals surface area contributed by atoms with E-state index in [0.29, 0.717) is 25.0 Å². The molecule has 0 saturated heterocycles. The molecule has 0 unspecified atom stereocenters. The van der Waals surface area contributed by atoms with Gasteiger partial charge in [-0.3, -0.25) is 0 Å². The second-order valence-corrected chi connectivity index (χ2v) is 5.73. The van der Waals surface area contributed by atoms with E-state index in [1.165, 1.54) is 17.7 Å². The molecular weight excluding hydrogens is 293 g/mol. The van der Waals surface area contributed by atoms with Crippen molar-refractivity contribution in [3.05, 3.63) is 66.0 Å². The van der Waals surface area contributed by atoms with E-state index in [-0.39, 0.29) is 5.82 Å². The minimum absolute atomic E-state index is 0.196. The van der Waals surface area contributed by atoms with Crippen LogP contribution in [0.2, 0.25) is 0 Å². The van der Waals surface area contributed by atoms with Crippen molar-refractivity contribution in [3.8, 4) is 5.75 Å². The molecule has 1 fully saturated rings. The molecular formula is C19H20FNO2. The average Bonchev–Trinajstić information content (AvgIpc) is 3.37. The fourth-order valence-electron chi connectivity index (χ4n) is 2.66. The van der Waals surface area contributed by atoms with Gasteiger partial charge in [0.05, 0.1) is 5.71 Å². The van der Waals surface area contributed by atoms with E-state index in [4.69, 9.17) is 9.57 Å². The first-order chi connectivity index (χ1) is 11.2. The Bertz CT molecular complexity index is 655. The molecule has 120 valence electrons. The molecule has 1 aliphatic rings. The van der Waals surface area contributed by atoms with Crippen LogP contribution in [0.4, 0.5) is 4.39 Å². The Labute approximate surface area is 135 Å². The van der Waals surface area contributed by atoms with Gasteiger partial charge in [0.2, 0.25) is 0 Å². The first kappa shape index (κ1) is 15.5. The van der Waals surface area contributed by atoms with E-state index in [1.807, 2.05) is 49.4 Å². The largest absolute Gasteiger partial charge is 0.490 e. The van der Waals surface area contributed by atoms with E-state index < -0.39 is 0 Å². The molecule has 1 aliphatic carbocycles. The second kappa shape index (κ2) is 7.27. The van der Waals surface area contributed by atoms with Crippen LogP contribution in [0.5, 0.6) is 5.75 Å². The number of oxime groups is 1. The van der Waals surface area contributed by atoms with Gasteiger partial charge in [-0.25, -0.2) is 4.39 Å². The topological polar surface area (TPSA) is 30.8 Å². The van der Waals surface area contributed by atoms with Crippen molar-refractivity contribution in [1.82, 2.24) is 0 Å². The van der Waals surface area contributed by atoms with E-state index in [9.17, 15) is 4.39 Å². The number of halogens is 1. The molecule has 1 saturated carbocycles. The van der Waals surface area contributed by atoms with Crippen LogP contribution < -0.4 is 4.74 Å². The highest BCUT2D eigenvalue weighted by Gasteiger charge is 2.40. The lowest BCUT2D eigenvalue weighted by molar-refractivity contribution is 0.106. The quantitative estimate of drug-likeness (QED) is 0.431. The highest BCUT2D eigenvalue weighted by Crippen LogP contribution is 2.48. The van der Waals surface area contributed by atoms with Gasteiger partial charge in [-0.2, -0.15) is 0 Å². The highest BCUT2D eigenvalue weighted by atomic mass is 19.1. The lowest BCUT2D eigenvalue weighted by atomic mass is 10.1. The standard InChI is InChI=1S/C19H20FNO2/c1-14(18-13-19(18)15-7-9-16(20)10-8-15)21-23-12-11-22-17-5-3-2-4-6-17/h2-10,18-19H,11-13H2,1H3/t18-,19+/m0/s1. The molecule has 23 heavy (non-hydrogen) atoms. The summed E-state index contributed by atoms with van der Waals surface area (Å²) >= 11 is 0. The first-order valence-electron chi connectivity index (χ1n) is 7.84. The summed E-state index contributed by atoms with van der Waals surface area (Å²) in [5.74, 6) is 1.47. The predicted octanol–water partition coefficient (Wildman–Crippen LogP) is 4.40. The van der Waals surface area contributed by atoms with E-state index in [1.54, 1.807) is 0 Å². The maximum Gasteiger partial charge on any atom is 0.151 e. The van der Waals surface area contributed by atoms with E-state index in [0.717, 1.165) is 17.9 Å². The van der Waals surface area contributed by atoms with Crippen LogP contribution in [0, 0.1) is 11.7 Å². The summed E-state index contributed by atoms with van der Waals surface area (Å²) in [7, 11) is 0. The van der Waals surface area contributed by atoms with Crippen molar-refractivity contribution >= 4 is 5.71 Å². The minimum atomic E-state index is -0.196. The predicted molar refractivity (Wildman–Crippen MR) is 88.2 cm³/mol. The maximum absolute atomic E-state index is 12.9. The normalized spacial score (nSPS) is 20.2. The van der Waals surface area contributed by atoms with E-state index in [2.05, 4.69) is 5.16 Å². The smallest absolute Gasteiger partial charge is 0.151 e. The molecule has 2 aromatic carbocycles. The van der Waals surface area contributed by atoms with Crippen molar-refractivity contribution in [2.75, 3.05) is 13.2 Å². The molecule has 0 N–H and O–H groups in total. The summed E-state index contributed by atoms with van der Waals surface area (Å²) in [6.45, 7) is 2.86. The third kappa shape index (κ3) is 4.31. The zero-order valence-corrected chi connectivity index (χ0v) is 13.1. The third-order valence-corrected chi connectivity index (χ3v) is 4.02. The van der Waals surface area contributed by atoms with Gasteiger partial charge in [0.15, 0.2) is 6.61 Å². The van der Waals surface area contributed by atoms with Crippen molar-refractivity contribution in [1.29, 1.82) is 0 Å². The van der Waals surface area contributed by atoms with Gasteiger partial charge in [0.1, 0.15) is 18.2 Å². The fraction of sp³-hybridized carbons (Fsp3) is 0.316. The van der Waals surface area contributed by atoms with Crippen LogP contribution in [0.25, 0.3) is 0 Å². The Balaban J connectivity index is 1.40. The molecule has 0 spiro atoms. The second-order valence-electron chi connectivity index (χ2n) is 5.73. The average molecular weight is 313 g/mol. The summed E-state index contributed by atoms with van der Waals surface area (Å²) in [5, 5.41) is 4.17. The van der Waals surface area contributed by atoms with Crippen molar-refractivity contribution < 1.29 is 14.0 Å². The van der Waals surface area contributed by atoms with Crippen LogP contribution in [-0.2, 0) is 4.84 Å². The molecule has 0 amide bonds. The number of para-hydroxylation sites is 1. The molecule has 0 aliphatic heterocycles. The van der Waals surface area contributed by atoms with Crippen molar-refractivity contribution in [3.63, 3.8) is 0 Å². The van der Waals surface area contributed by atoms with Crippen LogP contribution in [0.15, 0.2) is 59.8 Å². The Kier molecular flexibility index (Phi) is 4.91. The lowest BCUT2D eigenvalue weighted by Gasteiger charge is -2.05. The number of hydrogen-bond donors (Lipinski definition) is 0. The van der Waals surface area contributed by atoms with Gasteiger partial charge in [-0.05, 0) is 49.1 Å². The molecule has 0 heterocycles. The number of benzene rings is 2. The first-order valence-corrected chi connectivity index (χ1v) is 7.84.